The van der Waals surface area contributed by atoms with Gasteiger partial charge in [-0.05, 0) is 83.5 Å². The Labute approximate surface area is 393 Å². The quantitative estimate of drug-likeness (QED) is 0.0960. The van der Waals surface area contributed by atoms with Gasteiger partial charge in [0.2, 0.25) is 0 Å². The summed E-state index contributed by atoms with van der Waals surface area (Å²) in [5.41, 5.74) is 11.9. The van der Waals surface area contributed by atoms with Crippen LogP contribution in [-0.4, -0.2) is 23.0 Å². The summed E-state index contributed by atoms with van der Waals surface area (Å²) in [6, 6.07) is 98.1. The molecule has 0 saturated carbocycles. The van der Waals surface area contributed by atoms with Gasteiger partial charge in [-0.25, -0.2) is 15.0 Å². The molecule has 0 radical (unpaired) electrons. The first-order chi connectivity index (χ1) is 33.2. The minimum absolute atomic E-state index is 0.619. The Morgan fingerprint density at radius 3 is 0.985 bits per heavy atom. The highest BCUT2D eigenvalue weighted by atomic mass is 28.3. The lowest BCUT2D eigenvalue weighted by molar-refractivity contribution is 1.07. The maximum atomic E-state index is 5.12. The van der Waals surface area contributed by atoms with Gasteiger partial charge in [0.25, 0.3) is 0 Å². The van der Waals surface area contributed by atoms with Gasteiger partial charge < -0.3 is 0 Å². The van der Waals surface area contributed by atoms with E-state index in [-0.39, 0.29) is 0 Å². The van der Waals surface area contributed by atoms with E-state index in [1.165, 1.54) is 20.7 Å². The Kier molecular flexibility index (Phi) is 11.4. The third-order valence-corrected chi connectivity index (χ3v) is 17.5. The first kappa shape index (κ1) is 41.2. The smallest absolute Gasteiger partial charge is 0.179 e. The minimum atomic E-state index is -2.74. The van der Waals surface area contributed by atoms with Crippen molar-refractivity contribution in [2.45, 2.75) is 0 Å². The van der Waals surface area contributed by atoms with Gasteiger partial charge in [-0.3, -0.25) is 0 Å². The first-order valence-electron chi connectivity index (χ1n) is 22.8. The molecule has 0 N–H and O–H groups in total. The van der Waals surface area contributed by atoms with E-state index in [0.717, 1.165) is 61.2 Å². The second-order valence-corrected chi connectivity index (χ2v) is 20.5. The zero-order valence-electron chi connectivity index (χ0n) is 36.8. The van der Waals surface area contributed by atoms with Crippen LogP contribution in [0.1, 0.15) is 0 Å². The summed E-state index contributed by atoms with van der Waals surface area (Å²) in [5, 5.41) is 5.38. The molecule has 1 heterocycles. The Morgan fingerprint density at radius 2 is 0.537 bits per heavy atom. The van der Waals surface area contributed by atoms with Crippen molar-refractivity contribution in [3.05, 3.63) is 273 Å². The summed E-state index contributed by atoms with van der Waals surface area (Å²) < 4.78 is 0. The molecule has 0 amide bonds. The Bertz CT molecular complexity index is 3250. The molecule has 0 aliphatic heterocycles. The number of hydrogen-bond acceptors (Lipinski definition) is 3. The molecule has 4 heteroatoms. The van der Waals surface area contributed by atoms with Crippen LogP contribution in [0, 0.1) is 0 Å². The molecule has 0 bridgehead atoms. The number of aromatic nitrogens is 3. The lowest BCUT2D eigenvalue weighted by atomic mass is 9.84. The van der Waals surface area contributed by atoms with Crippen LogP contribution in [-0.2, 0) is 0 Å². The fraction of sp³-hybridized carbons (Fsp3) is 0. The molecule has 10 aromatic carbocycles. The molecule has 3 nitrogen and oxygen atoms in total. The molecule has 0 aliphatic carbocycles. The summed E-state index contributed by atoms with van der Waals surface area (Å²) in [5.74, 6) is 1.89. The van der Waals surface area contributed by atoms with Gasteiger partial charge in [-0.15, -0.1) is 0 Å². The summed E-state index contributed by atoms with van der Waals surface area (Å²) >= 11 is 0. The number of hydrogen-bond donors (Lipinski definition) is 0. The molecule has 67 heavy (non-hydrogen) atoms. The Balaban J connectivity index is 1.12. The van der Waals surface area contributed by atoms with E-state index in [0.29, 0.717) is 17.5 Å². The molecular formula is C63H45N3Si. The van der Waals surface area contributed by atoms with E-state index < -0.39 is 8.07 Å². The molecule has 0 aliphatic rings. The van der Waals surface area contributed by atoms with Crippen LogP contribution in [0.25, 0.3) is 78.7 Å². The van der Waals surface area contributed by atoms with E-state index in [4.69, 9.17) is 15.0 Å². The monoisotopic (exact) mass is 871 g/mol. The van der Waals surface area contributed by atoms with Crippen molar-refractivity contribution in [3.8, 4) is 78.7 Å². The summed E-state index contributed by atoms with van der Waals surface area (Å²) in [6.45, 7) is 0. The van der Waals surface area contributed by atoms with Crippen molar-refractivity contribution in [1.82, 2.24) is 15.0 Å². The molecule has 0 saturated heterocycles. The maximum Gasteiger partial charge on any atom is 0.179 e. The zero-order chi connectivity index (χ0) is 44.8. The van der Waals surface area contributed by atoms with Crippen molar-refractivity contribution in [1.29, 1.82) is 0 Å². The topological polar surface area (TPSA) is 38.7 Å². The van der Waals surface area contributed by atoms with Gasteiger partial charge in [0.1, 0.15) is 0 Å². The first-order valence-corrected chi connectivity index (χ1v) is 24.8. The number of rotatable bonds is 11. The molecule has 0 atom stereocenters. The lowest BCUT2D eigenvalue weighted by Gasteiger charge is -2.34. The third-order valence-electron chi connectivity index (χ3n) is 12.7. The van der Waals surface area contributed by atoms with E-state index >= 15 is 0 Å². The zero-order valence-corrected chi connectivity index (χ0v) is 37.8. The van der Waals surface area contributed by atoms with E-state index in [2.05, 4.69) is 212 Å². The highest BCUT2D eigenvalue weighted by Crippen LogP contribution is 2.44. The van der Waals surface area contributed by atoms with Crippen molar-refractivity contribution in [2.75, 3.05) is 0 Å². The second-order valence-electron chi connectivity index (χ2n) is 16.7. The standard InChI is InChI=1S/C63H45N3Si/c1-8-23-46(24-9-1)53-44-58(47-39-41-57(42-40-47)67(54-33-16-5-17-34-54,55-35-18-6-19-36-55)56-37-20-7-21-38-56)60(48-25-10-2-11-26-48)59(45-53)51-31-22-32-52(43-51)63-65-61(49-27-12-3-13-28-49)64-62(66-63)50-29-14-4-15-30-50/h1-45H. The molecule has 1 aromatic heterocycles. The molecule has 0 unspecified atom stereocenters. The predicted octanol–water partition coefficient (Wildman–Crippen LogP) is 12.9. The Hall–Kier alpha value is -8.57. The van der Waals surface area contributed by atoms with Gasteiger partial charge in [0.05, 0.1) is 0 Å². The van der Waals surface area contributed by atoms with Gasteiger partial charge in [-0.1, -0.05) is 255 Å². The molecule has 316 valence electrons. The molecule has 0 fully saturated rings. The van der Waals surface area contributed by atoms with Crippen LogP contribution in [0.4, 0.5) is 0 Å². The normalized spacial score (nSPS) is 11.3. The molecule has 11 rings (SSSR count). The SMILES string of the molecule is c1ccc(-c2cc(-c3ccc([Si](c4ccccc4)(c4ccccc4)c4ccccc4)cc3)c(-c3ccccc3)c(-c3cccc(-c4nc(-c5ccccc5)nc(-c5ccccc5)n4)c3)c2)cc1. The molecule has 0 spiro atoms. The van der Waals surface area contributed by atoms with Crippen LogP contribution >= 0.6 is 0 Å². The average Bonchev–Trinajstić information content (AvgIpc) is 3.43. The largest absolute Gasteiger partial charge is 0.208 e. The van der Waals surface area contributed by atoms with Gasteiger partial charge >= 0.3 is 0 Å². The van der Waals surface area contributed by atoms with Crippen molar-refractivity contribution in [2.24, 2.45) is 0 Å². The average molecular weight is 872 g/mol. The van der Waals surface area contributed by atoms with Gasteiger partial charge in [0.15, 0.2) is 25.5 Å². The predicted molar refractivity (Wildman–Crippen MR) is 281 cm³/mol. The van der Waals surface area contributed by atoms with Crippen LogP contribution in [0.15, 0.2) is 273 Å². The van der Waals surface area contributed by atoms with Crippen molar-refractivity contribution < 1.29 is 0 Å². The summed E-state index contributed by atoms with van der Waals surface area (Å²) in [7, 11) is -2.74. The fourth-order valence-electron chi connectivity index (χ4n) is 9.54. The van der Waals surface area contributed by atoms with E-state index in [9.17, 15) is 0 Å². The number of benzene rings is 10. The fourth-order valence-corrected chi connectivity index (χ4v) is 14.3. The Morgan fingerprint density at radius 1 is 0.209 bits per heavy atom. The van der Waals surface area contributed by atoms with Gasteiger partial charge in [-0.2, -0.15) is 0 Å². The van der Waals surface area contributed by atoms with Crippen molar-refractivity contribution >= 4 is 28.8 Å². The molecular weight excluding hydrogens is 827 g/mol. The maximum absolute atomic E-state index is 5.12. The number of nitrogens with zero attached hydrogens (tertiary/aromatic N) is 3. The summed E-state index contributed by atoms with van der Waals surface area (Å²) in [6.07, 6.45) is 0. The highest BCUT2D eigenvalue weighted by molar-refractivity contribution is 7.19. The van der Waals surface area contributed by atoms with Crippen LogP contribution < -0.4 is 20.7 Å². The van der Waals surface area contributed by atoms with E-state index in [1.807, 2.05) is 60.7 Å². The minimum Gasteiger partial charge on any atom is -0.208 e. The highest BCUT2D eigenvalue weighted by Gasteiger charge is 2.41. The third kappa shape index (κ3) is 8.12. The van der Waals surface area contributed by atoms with Crippen LogP contribution in [0.3, 0.4) is 0 Å². The lowest BCUT2D eigenvalue weighted by Crippen LogP contribution is -2.74. The van der Waals surface area contributed by atoms with Crippen molar-refractivity contribution in [3.63, 3.8) is 0 Å². The van der Waals surface area contributed by atoms with E-state index in [1.54, 1.807) is 0 Å². The van der Waals surface area contributed by atoms with Crippen LogP contribution in [0.2, 0.25) is 0 Å². The van der Waals surface area contributed by atoms with Gasteiger partial charge in [0, 0.05) is 16.7 Å². The van der Waals surface area contributed by atoms with Crippen LogP contribution in [0.5, 0.6) is 0 Å². The summed E-state index contributed by atoms with van der Waals surface area (Å²) in [4.78, 5) is 15.2. The second kappa shape index (κ2) is 18.5. The molecule has 11 aromatic rings.